The number of benzene rings is 2. The lowest BCUT2D eigenvalue weighted by atomic mass is 9.98. The predicted octanol–water partition coefficient (Wildman–Crippen LogP) is 4.87. The Bertz CT molecular complexity index is 1060. The van der Waals surface area contributed by atoms with Crippen molar-refractivity contribution in [1.82, 2.24) is 10.6 Å². The quantitative estimate of drug-likeness (QED) is 0.423. The summed E-state index contributed by atoms with van der Waals surface area (Å²) in [5.74, 6) is -1.59. The Hall–Kier alpha value is -3.61. The van der Waals surface area contributed by atoms with Gasteiger partial charge in [0.1, 0.15) is 12.6 Å². The van der Waals surface area contributed by atoms with Gasteiger partial charge >= 0.3 is 12.1 Å². The van der Waals surface area contributed by atoms with Crippen molar-refractivity contribution < 1.29 is 24.2 Å². The second-order valence-electron chi connectivity index (χ2n) is 9.50. The van der Waals surface area contributed by atoms with Crippen molar-refractivity contribution in [2.75, 3.05) is 6.61 Å². The predicted molar refractivity (Wildman–Crippen MR) is 135 cm³/mol. The fraction of sp³-hybridized carbons (Fsp3) is 0.393. The van der Waals surface area contributed by atoms with E-state index in [0.29, 0.717) is 0 Å². The van der Waals surface area contributed by atoms with E-state index >= 15 is 0 Å². The van der Waals surface area contributed by atoms with E-state index in [-0.39, 0.29) is 31.3 Å². The normalized spacial score (nSPS) is 13.9. The molecule has 2 atom stereocenters. The summed E-state index contributed by atoms with van der Waals surface area (Å²) in [6.45, 7) is 7.65. The number of nitrogens with one attached hydrogen (secondary N) is 2. The van der Waals surface area contributed by atoms with Gasteiger partial charge in [-0.05, 0) is 48.4 Å². The summed E-state index contributed by atoms with van der Waals surface area (Å²) in [6, 6.07) is 14.7. The molecule has 0 fully saturated rings. The molecule has 7 heteroatoms. The molecule has 0 saturated heterocycles. The van der Waals surface area contributed by atoms with Gasteiger partial charge in [0.2, 0.25) is 5.91 Å². The average Bonchev–Trinajstić information content (AvgIpc) is 3.13. The molecule has 0 aromatic heterocycles. The molecular weight excluding hydrogens is 444 g/mol. The fourth-order valence-corrected chi connectivity index (χ4v) is 4.29. The van der Waals surface area contributed by atoms with Crippen LogP contribution in [0.15, 0.2) is 60.2 Å². The Morgan fingerprint density at radius 1 is 0.971 bits per heavy atom. The number of aliphatic carboxylic acids is 1. The average molecular weight is 479 g/mol. The molecule has 186 valence electrons. The number of carboxylic acids is 1. The number of allylic oxidation sites excluding steroid dienone is 1. The monoisotopic (exact) mass is 478 g/mol. The van der Waals surface area contributed by atoms with Crippen molar-refractivity contribution in [2.24, 2.45) is 5.92 Å². The summed E-state index contributed by atoms with van der Waals surface area (Å²) in [6.07, 6.45) is 1.25. The zero-order valence-electron chi connectivity index (χ0n) is 20.7. The molecule has 2 amide bonds. The van der Waals surface area contributed by atoms with Gasteiger partial charge in [0.05, 0.1) is 6.42 Å². The van der Waals surface area contributed by atoms with Gasteiger partial charge in [-0.3, -0.25) is 9.59 Å². The molecule has 0 bridgehead atoms. The third kappa shape index (κ3) is 6.72. The zero-order chi connectivity index (χ0) is 25.5. The molecule has 35 heavy (non-hydrogen) atoms. The SMILES string of the molecule is CC(C)=CCC(NC(=O)OCC1c2ccccc2-c2ccccc21)C(=O)N[C@H](CC(=O)O)C(C)C. The lowest BCUT2D eigenvalue weighted by molar-refractivity contribution is -0.138. The molecule has 0 saturated carbocycles. The van der Waals surface area contributed by atoms with Crippen molar-refractivity contribution in [1.29, 1.82) is 0 Å². The number of fused-ring (bicyclic) bond motifs is 3. The first kappa shape index (κ1) is 26.0. The van der Waals surface area contributed by atoms with Crippen LogP contribution in [0.2, 0.25) is 0 Å². The van der Waals surface area contributed by atoms with Crippen LogP contribution in [0.1, 0.15) is 57.6 Å². The zero-order valence-corrected chi connectivity index (χ0v) is 20.7. The van der Waals surface area contributed by atoms with Crippen LogP contribution < -0.4 is 10.6 Å². The van der Waals surface area contributed by atoms with Crippen LogP contribution in [0.3, 0.4) is 0 Å². The first-order valence-electron chi connectivity index (χ1n) is 11.9. The minimum atomic E-state index is -0.991. The van der Waals surface area contributed by atoms with Crippen LogP contribution in [0.5, 0.6) is 0 Å². The maximum absolute atomic E-state index is 13.0. The van der Waals surface area contributed by atoms with Gasteiger partial charge in [-0.2, -0.15) is 0 Å². The molecule has 0 radical (unpaired) electrons. The Kier molecular flexibility index (Phi) is 8.68. The first-order valence-corrected chi connectivity index (χ1v) is 11.9. The molecule has 1 aliphatic carbocycles. The van der Waals surface area contributed by atoms with E-state index in [9.17, 15) is 14.4 Å². The first-order chi connectivity index (χ1) is 16.7. The molecule has 7 nitrogen and oxygen atoms in total. The highest BCUT2D eigenvalue weighted by atomic mass is 16.5. The Morgan fingerprint density at radius 3 is 2.06 bits per heavy atom. The molecule has 2 aromatic rings. The van der Waals surface area contributed by atoms with Gasteiger partial charge in [-0.15, -0.1) is 0 Å². The largest absolute Gasteiger partial charge is 0.481 e. The van der Waals surface area contributed by atoms with E-state index in [1.165, 1.54) is 0 Å². The van der Waals surface area contributed by atoms with Gasteiger partial charge in [0, 0.05) is 12.0 Å². The van der Waals surface area contributed by atoms with Gasteiger partial charge in [0.25, 0.3) is 0 Å². The van der Waals surface area contributed by atoms with Crippen LogP contribution in [0.25, 0.3) is 11.1 Å². The number of alkyl carbamates (subject to hydrolysis) is 1. The van der Waals surface area contributed by atoms with E-state index in [1.807, 2.05) is 70.2 Å². The van der Waals surface area contributed by atoms with Gasteiger partial charge in [0.15, 0.2) is 0 Å². The summed E-state index contributed by atoms with van der Waals surface area (Å²) in [5.41, 5.74) is 5.48. The molecule has 2 aromatic carbocycles. The minimum Gasteiger partial charge on any atom is -0.481 e. The number of carboxylic acid groups (broad SMARTS) is 1. The van der Waals surface area contributed by atoms with Crippen LogP contribution in [0, 0.1) is 5.92 Å². The highest BCUT2D eigenvalue weighted by molar-refractivity contribution is 5.86. The molecule has 0 spiro atoms. The Labute approximate surface area is 206 Å². The number of hydrogen-bond acceptors (Lipinski definition) is 4. The topological polar surface area (TPSA) is 105 Å². The molecule has 3 rings (SSSR count). The van der Waals surface area contributed by atoms with Crippen LogP contribution in [-0.4, -0.2) is 41.8 Å². The molecule has 1 aliphatic rings. The van der Waals surface area contributed by atoms with Crippen LogP contribution in [-0.2, 0) is 14.3 Å². The second kappa shape index (κ2) is 11.7. The van der Waals surface area contributed by atoms with Crippen molar-refractivity contribution >= 4 is 18.0 Å². The van der Waals surface area contributed by atoms with E-state index in [1.54, 1.807) is 0 Å². The number of amides is 2. The number of ether oxygens (including phenoxy) is 1. The smallest absolute Gasteiger partial charge is 0.407 e. The molecule has 3 N–H and O–H groups in total. The summed E-state index contributed by atoms with van der Waals surface area (Å²) in [7, 11) is 0. The lowest BCUT2D eigenvalue weighted by Gasteiger charge is -2.24. The number of hydrogen-bond donors (Lipinski definition) is 3. The number of carbonyl (C=O) groups excluding carboxylic acids is 2. The van der Waals surface area contributed by atoms with Crippen molar-refractivity contribution in [3.8, 4) is 11.1 Å². The maximum Gasteiger partial charge on any atom is 0.407 e. The van der Waals surface area contributed by atoms with Crippen molar-refractivity contribution in [2.45, 2.75) is 58.5 Å². The summed E-state index contributed by atoms with van der Waals surface area (Å²) >= 11 is 0. The lowest BCUT2D eigenvalue weighted by Crippen LogP contribution is -2.51. The summed E-state index contributed by atoms with van der Waals surface area (Å²) in [5, 5.41) is 14.6. The van der Waals surface area contributed by atoms with E-state index in [2.05, 4.69) is 22.8 Å². The number of rotatable bonds is 10. The van der Waals surface area contributed by atoms with Crippen molar-refractivity contribution in [3.05, 3.63) is 71.3 Å². The van der Waals surface area contributed by atoms with Crippen molar-refractivity contribution in [3.63, 3.8) is 0 Å². The van der Waals surface area contributed by atoms with Gasteiger partial charge in [-0.25, -0.2) is 4.79 Å². The van der Waals surface area contributed by atoms with Gasteiger partial charge < -0.3 is 20.5 Å². The standard InChI is InChI=1S/C28H34N2O5/c1-17(2)13-14-24(27(33)29-25(18(3)4)15-26(31)32)30-28(34)35-16-23-21-11-7-5-9-19(21)20-10-6-8-12-22(20)23/h5-13,18,23-25H,14-16H2,1-4H3,(H,29,33)(H,30,34)(H,31,32)/t24?,25-/m1/s1. The maximum atomic E-state index is 13.0. The van der Waals surface area contributed by atoms with E-state index in [4.69, 9.17) is 9.84 Å². The van der Waals surface area contributed by atoms with E-state index < -0.39 is 30.1 Å². The number of carbonyl (C=O) groups is 3. The fourth-order valence-electron chi connectivity index (χ4n) is 4.29. The minimum absolute atomic E-state index is 0.0754. The summed E-state index contributed by atoms with van der Waals surface area (Å²) in [4.78, 5) is 36.9. The summed E-state index contributed by atoms with van der Waals surface area (Å²) < 4.78 is 5.60. The third-order valence-electron chi connectivity index (χ3n) is 6.24. The molecular formula is C28H34N2O5. The van der Waals surface area contributed by atoms with E-state index in [0.717, 1.165) is 27.8 Å². The van der Waals surface area contributed by atoms with Gasteiger partial charge in [-0.1, -0.05) is 74.0 Å². The highest BCUT2D eigenvalue weighted by Crippen LogP contribution is 2.44. The highest BCUT2D eigenvalue weighted by Gasteiger charge is 2.30. The van der Waals surface area contributed by atoms with Crippen LogP contribution >= 0.6 is 0 Å². The second-order valence-corrected chi connectivity index (χ2v) is 9.50. The Morgan fingerprint density at radius 2 is 1.54 bits per heavy atom. The molecule has 0 aliphatic heterocycles. The Balaban J connectivity index is 1.68. The third-order valence-corrected chi connectivity index (χ3v) is 6.24. The molecule has 1 unspecified atom stereocenters. The van der Waals surface area contributed by atoms with Crippen LogP contribution in [0.4, 0.5) is 4.79 Å². The molecule has 0 heterocycles.